The lowest BCUT2D eigenvalue weighted by molar-refractivity contribution is -0.385. The molecule has 1 heterocycles. The fourth-order valence-corrected chi connectivity index (χ4v) is 3.13. The number of nitro groups is 1. The molecule has 1 fully saturated rings. The number of nitrogens with zero attached hydrogens (tertiary/aromatic N) is 2. The van der Waals surface area contributed by atoms with E-state index in [1.807, 2.05) is 18.2 Å². The van der Waals surface area contributed by atoms with Gasteiger partial charge in [0.1, 0.15) is 5.75 Å². The average Bonchev–Trinajstić information content (AvgIpc) is 2.73. The molecule has 7 nitrogen and oxygen atoms in total. The van der Waals surface area contributed by atoms with Crippen molar-refractivity contribution in [2.45, 2.75) is 6.54 Å². The SMILES string of the molecule is COc1ccc(/C=C/C(=O)c2ccccc2[N+](=O)[O-])cc1CN1CCOCC1. The van der Waals surface area contributed by atoms with Gasteiger partial charge in [-0.1, -0.05) is 24.3 Å². The van der Waals surface area contributed by atoms with E-state index in [4.69, 9.17) is 9.47 Å². The van der Waals surface area contributed by atoms with Gasteiger partial charge < -0.3 is 9.47 Å². The predicted octanol–water partition coefficient (Wildman–Crippen LogP) is 3.33. The van der Waals surface area contributed by atoms with Crippen molar-refractivity contribution in [3.8, 4) is 5.75 Å². The highest BCUT2D eigenvalue weighted by atomic mass is 16.6. The maximum atomic E-state index is 12.4. The smallest absolute Gasteiger partial charge is 0.280 e. The molecule has 0 bridgehead atoms. The van der Waals surface area contributed by atoms with Crippen LogP contribution in [-0.2, 0) is 11.3 Å². The monoisotopic (exact) mass is 382 g/mol. The lowest BCUT2D eigenvalue weighted by Gasteiger charge is -2.27. The molecule has 28 heavy (non-hydrogen) atoms. The molecule has 0 amide bonds. The molecule has 2 aromatic rings. The minimum atomic E-state index is -0.547. The van der Waals surface area contributed by atoms with Gasteiger partial charge in [0.25, 0.3) is 5.69 Å². The summed E-state index contributed by atoms with van der Waals surface area (Å²) in [6, 6.07) is 11.6. The van der Waals surface area contributed by atoms with Gasteiger partial charge in [-0.2, -0.15) is 0 Å². The summed E-state index contributed by atoms with van der Waals surface area (Å²) in [7, 11) is 1.63. The number of methoxy groups -OCH3 is 1. The van der Waals surface area contributed by atoms with Gasteiger partial charge in [-0.15, -0.1) is 0 Å². The van der Waals surface area contributed by atoms with Gasteiger partial charge in [0, 0.05) is 31.3 Å². The summed E-state index contributed by atoms with van der Waals surface area (Å²) in [5.74, 6) is 0.381. The second-order valence-electron chi connectivity index (χ2n) is 6.43. The van der Waals surface area contributed by atoms with Gasteiger partial charge in [-0.05, 0) is 29.8 Å². The van der Waals surface area contributed by atoms with Crippen LogP contribution in [0.3, 0.4) is 0 Å². The first-order chi connectivity index (χ1) is 13.6. The number of para-hydroxylation sites is 1. The lowest BCUT2D eigenvalue weighted by atomic mass is 10.1. The summed E-state index contributed by atoms with van der Waals surface area (Å²) in [6.45, 7) is 3.88. The van der Waals surface area contributed by atoms with E-state index in [1.54, 1.807) is 25.3 Å². The second kappa shape index (κ2) is 9.25. The Kier molecular flexibility index (Phi) is 6.52. The summed E-state index contributed by atoms with van der Waals surface area (Å²) in [5, 5.41) is 11.1. The molecule has 0 saturated carbocycles. The van der Waals surface area contributed by atoms with Gasteiger partial charge in [0.2, 0.25) is 0 Å². The van der Waals surface area contributed by atoms with Crippen LogP contribution in [-0.4, -0.2) is 49.0 Å². The van der Waals surface area contributed by atoms with E-state index in [2.05, 4.69) is 4.90 Å². The van der Waals surface area contributed by atoms with Crippen LogP contribution in [0.5, 0.6) is 5.75 Å². The molecule has 0 spiro atoms. The number of morpholine rings is 1. The van der Waals surface area contributed by atoms with E-state index in [9.17, 15) is 14.9 Å². The minimum Gasteiger partial charge on any atom is -0.496 e. The van der Waals surface area contributed by atoms with Crippen LogP contribution >= 0.6 is 0 Å². The van der Waals surface area contributed by atoms with Gasteiger partial charge >= 0.3 is 0 Å². The molecule has 146 valence electrons. The molecule has 0 aliphatic carbocycles. The van der Waals surface area contributed by atoms with E-state index < -0.39 is 10.7 Å². The van der Waals surface area contributed by atoms with Crippen LogP contribution in [0, 0.1) is 10.1 Å². The quantitative estimate of drug-likeness (QED) is 0.316. The largest absolute Gasteiger partial charge is 0.496 e. The molecule has 3 rings (SSSR count). The van der Waals surface area contributed by atoms with Gasteiger partial charge in [-0.3, -0.25) is 19.8 Å². The van der Waals surface area contributed by atoms with Gasteiger partial charge in [0.15, 0.2) is 5.78 Å². The molecule has 0 radical (unpaired) electrons. The van der Waals surface area contributed by atoms with E-state index in [-0.39, 0.29) is 11.3 Å². The minimum absolute atomic E-state index is 0.0748. The molecular formula is C21H22N2O5. The molecule has 2 aromatic carbocycles. The fourth-order valence-electron chi connectivity index (χ4n) is 3.13. The van der Waals surface area contributed by atoms with Crippen LogP contribution in [0.4, 0.5) is 5.69 Å². The van der Waals surface area contributed by atoms with Gasteiger partial charge in [0.05, 0.1) is 30.8 Å². The number of allylic oxidation sites excluding steroid dienone is 1. The van der Waals surface area contributed by atoms with Crippen molar-refractivity contribution < 1.29 is 19.2 Å². The third-order valence-electron chi connectivity index (χ3n) is 4.60. The molecule has 1 aliphatic rings. The fraction of sp³-hybridized carbons (Fsp3) is 0.286. The van der Waals surface area contributed by atoms with E-state index >= 15 is 0 Å². The number of benzene rings is 2. The van der Waals surface area contributed by atoms with E-state index in [0.717, 1.165) is 36.5 Å². The number of hydrogen-bond acceptors (Lipinski definition) is 6. The Balaban J connectivity index is 1.79. The van der Waals surface area contributed by atoms with Crippen molar-refractivity contribution in [2.24, 2.45) is 0 Å². The Morgan fingerprint density at radius 3 is 2.71 bits per heavy atom. The van der Waals surface area contributed by atoms with E-state index in [1.165, 1.54) is 18.2 Å². The summed E-state index contributed by atoms with van der Waals surface area (Å²) in [5.41, 5.74) is 1.73. The number of ketones is 1. The highest BCUT2D eigenvalue weighted by molar-refractivity contribution is 6.09. The zero-order valence-electron chi connectivity index (χ0n) is 15.7. The standard InChI is InChI=1S/C21H22N2O5/c1-27-21-9-7-16(14-17(21)15-22-10-12-28-13-11-22)6-8-20(24)18-4-2-3-5-19(18)23(25)26/h2-9,14H,10-13,15H2,1H3/b8-6+. The Hall–Kier alpha value is -3.03. The summed E-state index contributed by atoms with van der Waals surface area (Å²) >= 11 is 0. The molecular weight excluding hydrogens is 360 g/mol. The van der Waals surface area contributed by atoms with Crippen LogP contribution in [0.25, 0.3) is 6.08 Å². The topological polar surface area (TPSA) is 81.9 Å². The zero-order valence-corrected chi connectivity index (χ0v) is 15.7. The lowest BCUT2D eigenvalue weighted by Crippen LogP contribution is -2.35. The first kappa shape index (κ1) is 19.7. The van der Waals surface area contributed by atoms with Crippen LogP contribution in [0.1, 0.15) is 21.5 Å². The highest BCUT2D eigenvalue weighted by Crippen LogP contribution is 2.24. The van der Waals surface area contributed by atoms with Crippen molar-refractivity contribution in [1.29, 1.82) is 0 Å². The third-order valence-corrected chi connectivity index (χ3v) is 4.60. The average molecular weight is 382 g/mol. The Morgan fingerprint density at radius 2 is 2.00 bits per heavy atom. The zero-order chi connectivity index (χ0) is 19.9. The van der Waals surface area contributed by atoms with E-state index in [0.29, 0.717) is 13.2 Å². The van der Waals surface area contributed by atoms with Crippen molar-refractivity contribution in [2.75, 3.05) is 33.4 Å². The first-order valence-electron chi connectivity index (χ1n) is 9.01. The van der Waals surface area contributed by atoms with Crippen molar-refractivity contribution >= 4 is 17.5 Å². The first-order valence-corrected chi connectivity index (χ1v) is 9.01. The van der Waals surface area contributed by atoms with Crippen molar-refractivity contribution in [3.05, 3.63) is 75.3 Å². The molecule has 0 N–H and O–H groups in total. The molecule has 7 heteroatoms. The van der Waals surface area contributed by atoms with Gasteiger partial charge in [-0.25, -0.2) is 0 Å². The summed E-state index contributed by atoms with van der Waals surface area (Å²) in [6.07, 6.45) is 3.03. The third kappa shape index (κ3) is 4.82. The normalized spacial score (nSPS) is 14.9. The second-order valence-corrected chi connectivity index (χ2v) is 6.43. The summed E-state index contributed by atoms with van der Waals surface area (Å²) < 4.78 is 10.8. The highest BCUT2D eigenvalue weighted by Gasteiger charge is 2.17. The molecule has 1 aliphatic heterocycles. The van der Waals surface area contributed by atoms with Crippen molar-refractivity contribution in [1.82, 2.24) is 4.90 Å². The number of carbonyl (C=O) groups excluding carboxylic acids is 1. The van der Waals surface area contributed by atoms with Crippen molar-refractivity contribution in [3.63, 3.8) is 0 Å². The molecule has 0 aromatic heterocycles. The number of ether oxygens (including phenoxy) is 2. The molecule has 0 unspecified atom stereocenters. The van der Waals surface area contributed by atoms with Crippen LogP contribution < -0.4 is 4.74 Å². The summed E-state index contributed by atoms with van der Waals surface area (Å²) in [4.78, 5) is 25.3. The molecule has 0 atom stereocenters. The maximum absolute atomic E-state index is 12.4. The Labute approximate surface area is 163 Å². The Bertz CT molecular complexity index is 888. The Morgan fingerprint density at radius 1 is 1.25 bits per heavy atom. The predicted molar refractivity (Wildman–Crippen MR) is 106 cm³/mol. The number of hydrogen-bond donors (Lipinski definition) is 0. The molecule has 1 saturated heterocycles. The maximum Gasteiger partial charge on any atom is 0.280 e. The number of nitro benzene ring substituents is 1. The van der Waals surface area contributed by atoms with Crippen LogP contribution in [0.15, 0.2) is 48.5 Å². The number of carbonyl (C=O) groups is 1. The number of rotatable bonds is 7. The van der Waals surface area contributed by atoms with Crippen LogP contribution in [0.2, 0.25) is 0 Å².